The lowest BCUT2D eigenvalue weighted by Gasteiger charge is -2.39. The Labute approximate surface area is 107 Å². The zero-order valence-electron chi connectivity index (χ0n) is 9.67. The largest absolute Gasteiger partial charge is 0.472 e. The molecule has 0 spiro atoms. The van der Waals surface area contributed by atoms with Gasteiger partial charge in [-0.15, -0.1) is 12.4 Å². The highest BCUT2D eigenvalue weighted by atomic mass is 35.5. The van der Waals surface area contributed by atoms with E-state index in [0.29, 0.717) is 12.5 Å². The summed E-state index contributed by atoms with van der Waals surface area (Å²) >= 11 is 0. The van der Waals surface area contributed by atoms with E-state index in [1.165, 1.54) is 31.6 Å². The summed E-state index contributed by atoms with van der Waals surface area (Å²) in [6, 6.07) is 1.90. The van der Waals surface area contributed by atoms with Crippen molar-refractivity contribution in [3.8, 4) is 0 Å². The summed E-state index contributed by atoms with van der Waals surface area (Å²) in [5.41, 5.74) is 2.26. The first-order valence-electron chi connectivity index (χ1n) is 5.84. The summed E-state index contributed by atoms with van der Waals surface area (Å²) in [6.45, 7) is 3.96. The van der Waals surface area contributed by atoms with Crippen LogP contribution in [0.1, 0.15) is 18.4 Å². The highest BCUT2D eigenvalue weighted by molar-refractivity contribution is 5.89. The van der Waals surface area contributed by atoms with E-state index in [9.17, 15) is 0 Å². The Morgan fingerprint density at radius 2 is 2.24 bits per heavy atom. The van der Waals surface area contributed by atoms with E-state index in [2.05, 4.69) is 10.1 Å². The van der Waals surface area contributed by atoms with Crippen molar-refractivity contribution in [1.82, 2.24) is 4.90 Å². The van der Waals surface area contributed by atoms with Crippen molar-refractivity contribution < 1.29 is 9.25 Å². The first-order chi connectivity index (χ1) is 7.92. The lowest BCUT2D eigenvalue weighted by atomic mass is 9.87. The molecule has 0 radical (unpaired) electrons. The number of halogens is 1. The second-order valence-electron chi connectivity index (χ2n) is 4.54. The molecular weight excluding hydrogens is 240 g/mol. The minimum Gasteiger partial charge on any atom is -0.472 e. The Balaban J connectivity index is 0.00000108. The minimum absolute atomic E-state index is 0. The molecule has 3 aliphatic rings. The van der Waals surface area contributed by atoms with Crippen molar-refractivity contribution in [1.29, 1.82) is 0 Å². The quantitative estimate of drug-likeness (QED) is 0.779. The molecule has 4 nitrogen and oxygen atoms in total. The molecule has 17 heavy (non-hydrogen) atoms. The smallest absolute Gasteiger partial charge is 0.145 e. The van der Waals surface area contributed by atoms with Gasteiger partial charge >= 0.3 is 0 Å². The molecular formula is C12H17ClN2O2. The summed E-state index contributed by atoms with van der Waals surface area (Å²) < 4.78 is 4.97. The fourth-order valence-electron chi connectivity index (χ4n) is 2.45. The molecule has 0 aromatic carbocycles. The monoisotopic (exact) mass is 256 g/mol. The van der Waals surface area contributed by atoms with Gasteiger partial charge in [0.25, 0.3) is 0 Å². The summed E-state index contributed by atoms with van der Waals surface area (Å²) in [7, 11) is 0. The van der Waals surface area contributed by atoms with Gasteiger partial charge in [0.1, 0.15) is 6.61 Å². The fraction of sp³-hybridized carbons (Fsp3) is 0.583. The van der Waals surface area contributed by atoms with Crippen LogP contribution in [0.25, 0.3) is 0 Å². The van der Waals surface area contributed by atoms with Gasteiger partial charge < -0.3 is 9.25 Å². The maximum absolute atomic E-state index is 5.37. The summed E-state index contributed by atoms with van der Waals surface area (Å²) in [4.78, 5) is 7.82. The Morgan fingerprint density at radius 1 is 1.41 bits per heavy atom. The second-order valence-corrected chi connectivity index (χ2v) is 4.54. The van der Waals surface area contributed by atoms with Crippen LogP contribution in [0.5, 0.6) is 0 Å². The number of fused-ring (bicyclic) bond motifs is 3. The molecule has 4 rings (SSSR count). The third kappa shape index (κ3) is 2.82. The summed E-state index contributed by atoms with van der Waals surface area (Å²) in [6.07, 6.45) is 5.83. The molecule has 4 heterocycles. The number of furan rings is 1. The molecule has 3 aliphatic heterocycles. The number of hydrogen-bond acceptors (Lipinski definition) is 4. The average molecular weight is 257 g/mol. The molecule has 0 saturated carbocycles. The van der Waals surface area contributed by atoms with E-state index >= 15 is 0 Å². The van der Waals surface area contributed by atoms with Gasteiger partial charge in [-0.25, -0.2) is 0 Å². The third-order valence-electron chi connectivity index (χ3n) is 3.44. The van der Waals surface area contributed by atoms with Crippen LogP contribution in [-0.4, -0.2) is 30.2 Å². The number of nitrogens with zero attached hydrogens (tertiary/aromatic N) is 2. The van der Waals surface area contributed by atoms with E-state index in [1.54, 1.807) is 12.5 Å². The molecule has 1 aromatic heterocycles. The number of piperidine rings is 3. The van der Waals surface area contributed by atoms with Crippen molar-refractivity contribution in [2.45, 2.75) is 19.4 Å². The van der Waals surface area contributed by atoms with E-state index in [1.807, 2.05) is 6.07 Å². The fourth-order valence-corrected chi connectivity index (χ4v) is 2.45. The topological polar surface area (TPSA) is 38.0 Å². The van der Waals surface area contributed by atoms with Crippen molar-refractivity contribution in [2.24, 2.45) is 11.1 Å². The Morgan fingerprint density at radius 3 is 2.82 bits per heavy atom. The molecule has 5 heteroatoms. The van der Waals surface area contributed by atoms with Crippen LogP contribution in [0, 0.1) is 5.92 Å². The van der Waals surface area contributed by atoms with Crippen LogP contribution in [0.3, 0.4) is 0 Å². The van der Waals surface area contributed by atoms with Crippen LogP contribution >= 0.6 is 12.4 Å². The van der Waals surface area contributed by atoms with E-state index in [0.717, 1.165) is 12.1 Å². The number of oxime groups is 1. The zero-order valence-corrected chi connectivity index (χ0v) is 10.5. The van der Waals surface area contributed by atoms with E-state index in [4.69, 9.17) is 9.25 Å². The van der Waals surface area contributed by atoms with Gasteiger partial charge in [-0.1, -0.05) is 5.16 Å². The van der Waals surface area contributed by atoms with E-state index < -0.39 is 0 Å². The average Bonchev–Trinajstić information content (AvgIpc) is 2.84. The third-order valence-corrected chi connectivity index (χ3v) is 3.44. The highest BCUT2D eigenvalue weighted by Crippen LogP contribution is 2.25. The predicted octanol–water partition coefficient (Wildman–Crippen LogP) is 2.30. The zero-order chi connectivity index (χ0) is 10.8. The standard InChI is InChI=1S/C12H16N2O2.ClH/c1-4-14-5-2-11(1)12(7-14)13-16-9-10-3-6-15-8-10;/h3,6,8,11H,1-2,4-5,7,9H2;1H. The minimum atomic E-state index is 0. The summed E-state index contributed by atoms with van der Waals surface area (Å²) in [5.74, 6) is 0.661. The molecule has 0 N–H and O–H groups in total. The van der Waals surface area contributed by atoms with Gasteiger partial charge in [-0.3, -0.25) is 4.90 Å². The van der Waals surface area contributed by atoms with Crippen molar-refractivity contribution in [2.75, 3.05) is 19.6 Å². The number of rotatable bonds is 3. The molecule has 2 bridgehead atoms. The van der Waals surface area contributed by atoms with Crippen LogP contribution in [0.2, 0.25) is 0 Å². The first kappa shape index (κ1) is 12.5. The van der Waals surface area contributed by atoms with Crippen LogP contribution in [-0.2, 0) is 11.4 Å². The van der Waals surface area contributed by atoms with Crippen molar-refractivity contribution >= 4 is 18.1 Å². The van der Waals surface area contributed by atoms with Gasteiger partial charge in [-0.2, -0.15) is 0 Å². The van der Waals surface area contributed by atoms with Crippen LogP contribution in [0.15, 0.2) is 28.2 Å². The Hall–Kier alpha value is -1.00. The maximum atomic E-state index is 5.37. The van der Waals surface area contributed by atoms with Crippen LogP contribution < -0.4 is 0 Å². The molecule has 3 saturated heterocycles. The van der Waals surface area contributed by atoms with Gasteiger partial charge in [0.2, 0.25) is 0 Å². The molecule has 94 valence electrons. The lowest BCUT2D eigenvalue weighted by molar-refractivity contribution is 0.118. The Bertz CT molecular complexity index is 370. The Kier molecular flexibility index (Phi) is 4.07. The predicted molar refractivity (Wildman–Crippen MR) is 67.3 cm³/mol. The number of hydrogen-bond donors (Lipinski definition) is 0. The maximum Gasteiger partial charge on any atom is 0.145 e. The molecule has 1 aromatic rings. The lowest BCUT2D eigenvalue weighted by Crippen LogP contribution is -2.47. The van der Waals surface area contributed by atoms with Crippen molar-refractivity contribution in [3.05, 3.63) is 24.2 Å². The van der Waals surface area contributed by atoms with Crippen molar-refractivity contribution in [3.63, 3.8) is 0 Å². The van der Waals surface area contributed by atoms with Crippen LogP contribution in [0.4, 0.5) is 0 Å². The molecule has 0 aliphatic carbocycles. The van der Waals surface area contributed by atoms with Gasteiger partial charge in [0.15, 0.2) is 0 Å². The second kappa shape index (κ2) is 5.56. The van der Waals surface area contributed by atoms with Gasteiger partial charge in [0.05, 0.1) is 18.2 Å². The molecule has 3 fully saturated rings. The van der Waals surface area contributed by atoms with Gasteiger partial charge in [0, 0.05) is 18.0 Å². The molecule has 0 unspecified atom stereocenters. The molecule has 0 atom stereocenters. The van der Waals surface area contributed by atoms with Gasteiger partial charge in [-0.05, 0) is 32.0 Å². The molecule has 0 amide bonds. The highest BCUT2D eigenvalue weighted by Gasteiger charge is 2.31. The normalized spacial score (nSPS) is 29.1. The first-order valence-corrected chi connectivity index (χ1v) is 5.84. The summed E-state index contributed by atoms with van der Waals surface area (Å²) in [5, 5.41) is 4.27. The van der Waals surface area contributed by atoms with E-state index in [-0.39, 0.29) is 12.4 Å². The SMILES string of the molecule is Cl.c1cc(CON=C2CN3CCC2CC3)co1.